The average Bonchev–Trinajstić information content (AvgIpc) is 3.45. The van der Waals surface area contributed by atoms with E-state index in [0.29, 0.717) is 17.2 Å². The van der Waals surface area contributed by atoms with Gasteiger partial charge in [-0.25, -0.2) is 4.79 Å². The number of urea groups is 1. The summed E-state index contributed by atoms with van der Waals surface area (Å²) in [6, 6.07) is 24.3. The molecule has 0 saturated carbocycles. The van der Waals surface area contributed by atoms with Crippen molar-refractivity contribution in [2.24, 2.45) is 0 Å². The van der Waals surface area contributed by atoms with Gasteiger partial charge in [0.2, 0.25) is 5.91 Å². The zero-order chi connectivity index (χ0) is 28.4. The number of nitrogens with one attached hydrogen (secondary N) is 1. The fourth-order valence-corrected chi connectivity index (χ4v) is 5.13. The Morgan fingerprint density at radius 2 is 1.65 bits per heavy atom. The van der Waals surface area contributed by atoms with Crippen molar-refractivity contribution < 1.29 is 19.1 Å². The van der Waals surface area contributed by atoms with Gasteiger partial charge in [0, 0.05) is 18.3 Å². The van der Waals surface area contributed by atoms with E-state index in [0.717, 1.165) is 28.2 Å². The van der Waals surface area contributed by atoms with E-state index in [4.69, 9.17) is 9.47 Å². The van der Waals surface area contributed by atoms with Gasteiger partial charge in [-0.2, -0.15) is 0 Å². The maximum absolute atomic E-state index is 14.3. The number of hydrogen-bond acceptors (Lipinski definition) is 4. The van der Waals surface area contributed by atoms with Crippen LogP contribution in [0.1, 0.15) is 36.7 Å². The third-order valence-corrected chi connectivity index (χ3v) is 7.22. The van der Waals surface area contributed by atoms with E-state index in [1.165, 1.54) is 12.0 Å². The van der Waals surface area contributed by atoms with Crippen molar-refractivity contribution in [1.29, 1.82) is 0 Å². The Morgan fingerprint density at radius 1 is 0.925 bits per heavy atom. The molecule has 0 radical (unpaired) electrons. The first-order chi connectivity index (χ1) is 19.3. The molecule has 206 valence electrons. The van der Waals surface area contributed by atoms with Crippen LogP contribution in [-0.2, 0) is 4.79 Å². The maximum Gasteiger partial charge on any atom is 0.322 e. The third-order valence-electron chi connectivity index (χ3n) is 7.22. The number of anilines is 2. The number of rotatable bonds is 7. The Balaban J connectivity index is 1.49. The molecule has 1 aliphatic rings. The third kappa shape index (κ3) is 5.00. The van der Waals surface area contributed by atoms with Crippen molar-refractivity contribution in [2.75, 3.05) is 31.0 Å². The molecular weight excluding hydrogens is 504 g/mol. The Labute approximate surface area is 234 Å². The summed E-state index contributed by atoms with van der Waals surface area (Å²) in [6.45, 7) is 5.72. The van der Waals surface area contributed by atoms with Gasteiger partial charge in [-0.05, 0) is 62.7 Å². The number of hydrogen-bond donors (Lipinski definition) is 1. The molecule has 0 saturated heterocycles. The lowest BCUT2D eigenvalue weighted by Gasteiger charge is -2.40. The molecule has 8 nitrogen and oxygen atoms in total. The first-order valence-electron chi connectivity index (χ1n) is 13.3. The highest BCUT2D eigenvalue weighted by Crippen LogP contribution is 2.42. The second-order valence-electron chi connectivity index (χ2n) is 10.1. The Hall–Kier alpha value is -4.72. The molecule has 5 rings (SSSR count). The van der Waals surface area contributed by atoms with Crippen LogP contribution in [0.2, 0.25) is 0 Å². The lowest BCUT2D eigenvalue weighted by molar-refractivity contribution is -0.119. The summed E-state index contributed by atoms with van der Waals surface area (Å²) >= 11 is 0. The van der Waals surface area contributed by atoms with Crippen LogP contribution in [-0.4, -0.2) is 48.2 Å². The van der Waals surface area contributed by atoms with E-state index in [-0.39, 0.29) is 24.5 Å². The molecule has 1 atom stereocenters. The molecule has 3 amide bonds. The summed E-state index contributed by atoms with van der Waals surface area (Å²) in [7, 11) is 3.10. The van der Waals surface area contributed by atoms with Crippen LogP contribution in [0.3, 0.4) is 0 Å². The fraction of sp³-hybridized carbons (Fsp3) is 0.250. The summed E-state index contributed by atoms with van der Waals surface area (Å²) in [5.74, 6) is 0.894. The van der Waals surface area contributed by atoms with Crippen LogP contribution >= 0.6 is 0 Å². The predicted molar refractivity (Wildman–Crippen MR) is 157 cm³/mol. The minimum atomic E-state index is -0.396. The number of fused-ring (bicyclic) bond motifs is 3. The van der Waals surface area contributed by atoms with Crippen LogP contribution in [0.15, 0.2) is 85.1 Å². The number of ether oxygens (including phenoxy) is 2. The molecule has 40 heavy (non-hydrogen) atoms. The lowest BCUT2D eigenvalue weighted by Crippen LogP contribution is -2.49. The Kier molecular flexibility index (Phi) is 7.51. The maximum atomic E-state index is 14.3. The van der Waals surface area contributed by atoms with Gasteiger partial charge < -0.3 is 24.3 Å². The molecule has 0 bridgehead atoms. The van der Waals surface area contributed by atoms with E-state index >= 15 is 0 Å². The first-order valence-corrected chi connectivity index (χ1v) is 13.3. The largest absolute Gasteiger partial charge is 0.497 e. The number of aromatic nitrogens is 1. The van der Waals surface area contributed by atoms with Gasteiger partial charge in [-0.1, -0.05) is 42.0 Å². The quantitative estimate of drug-likeness (QED) is 0.305. The van der Waals surface area contributed by atoms with Gasteiger partial charge in [-0.3, -0.25) is 9.69 Å². The summed E-state index contributed by atoms with van der Waals surface area (Å²) in [5.41, 5.74) is 5.33. The monoisotopic (exact) mass is 538 g/mol. The second-order valence-corrected chi connectivity index (χ2v) is 10.1. The highest BCUT2D eigenvalue weighted by molar-refractivity contribution is 6.01. The van der Waals surface area contributed by atoms with E-state index < -0.39 is 6.03 Å². The van der Waals surface area contributed by atoms with Crippen LogP contribution < -0.4 is 19.7 Å². The minimum Gasteiger partial charge on any atom is -0.497 e. The van der Waals surface area contributed by atoms with Gasteiger partial charge >= 0.3 is 6.03 Å². The van der Waals surface area contributed by atoms with Crippen molar-refractivity contribution in [2.45, 2.75) is 32.9 Å². The molecule has 2 heterocycles. The molecule has 8 heteroatoms. The number of carbonyl (C=O) groups is 2. The van der Waals surface area contributed by atoms with Crippen molar-refractivity contribution >= 4 is 23.3 Å². The summed E-state index contributed by atoms with van der Waals surface area (Å²) < 4.78 is 12.9. The average molecular weight is 539 g/mol. The lowest BCUT2D eigenvalue weighted by atomic mass is 9.97. The molecular formula is C32H34N4O4. The van der Waals surface area contributed by atoms with Crippen LogP contribution in [0.4, 0.5) is 16.2 Å². The van der Waals surface area contributed by atoms with Crippen molar-refractivity contribution in [3.63, 3.8) is 0 Å². The molecule has 4 aromatic rings. The zero-order valence-electron chi connectivity index (χ0n) is 23.4. The van der Waals surface area contributed by atoms with Gasteiger partial charge in [0.25, 0.3) is 0 Å². The van der Waals surface area contributed by atoms with Gasteiger partial charge in [-0.15, -0.1) is 0 Å². The minimum absolute atomic E-state index is 0.112. The number of carbonyl (C=O) groups excluding carboxylic acids is 2. The van der Waals surface area contributed by atoms with E-state index in [2.05, 4.69) is 34.1 Å². The SMILES string of the molecule is COc1ccc(NC(=O)N(CC(=O)N2c3ccccc3-n3cccc3C2c2ccc(C)cc2)C(C)C)c(OC)c1. The smallest absolute Gasteiger partial charge is 0.322 e. The highest BCUT2D eigenvalue weighted by atomic mass is 16.5. The molecule has 0 aliphatic carbocycles. The number of nitrogens with zero attached hydrogens (tertiary/aromatic N) is 3. The van der Waals surface area contributed by atoms with E-state index in [1.807, 2.05) is 68.3 Å². The van der Waals surface area contributed by atoms with Gasteiger partial charge in [0.15, 0.2) is 0 Å². The van der Waals surface area contributed by atoms with E-state index in [9.17, 15) is 9.59 Å². The van der Waals surface area contributed by atoms with Crippen LogP contribution in [0.5, 0.6) is 11.5 Å². The molecule has 3 aromatic carbocycles. The van der Waals surface area contributed by atoms with Crippen LogP contribution in [0, 0.1) is 6.92 Å². The van der Waals surface area contributed by atoms with E-state index in [1.54, 1.807) is 25.3 Å². The standard InChI is InChI=1S/C32H34N4O4/c1-21(2)35(32(38)33-25-17-16-24(39-4)19-29(25)40-5)20-30(37)36-27-10-7-6-9-26(27)34-18-8-11-28(34)31(36)23-14-12-22(3)13-15-23/h6-19,21,31H,20H2,1-5H3,(H,33,38). The summed E-state index contributed by atoms with van der Waals surface area (Å²) in [5, 5.41) is 2.91. The topological polar surface area (TPSA) is 76.0 Å². The fourth-order valence-electron chi connectivity index (χ4n) is 5.13. The Bertz CT molecular complexity index is 1530. The first kappa shape index (κ1) is 26.9. The van der Waals surface area contributed by atoms with Crippen molar-refractivity contribution in [3.05, 3.63) is 102 Å². The predicted octanol–water partition coefficient (Wildman–Crippen LogP) is 6.18. The zero-order valence-corrected chi connectivity index (χ0v) is 23.4. The highest BCUT2D eigenvalue weighted by Gasteiger charge is 2.37. The van der Waals surface area contributed by atoms with Crippen molar-refractivity contribution in [1.82, 2.24) is 9.47 Å². The Morgan fingerprint density at radius 3 is 2.33 bits per heavy atom. The number of amides is 3. The number of benzene rings is 3. The molecule has 1 unspecified atom stereocenters. The number of methoxy groups -OCH3 is 2. The molecule has 0 fully saturated rings. The van der Waals surface area contributed by atoms with Gasteiger partial charge in [0.1, 0.15) is 24.1 Å². The van der Waals surface area contributed by atoms with Crippen molar-refractivity contribution in [3.8, 4) is 17.2 Å². The normalized spacial score (nSPS) is 13.8. The molecule has 1 aromatic heterocycles. The number of aryl methyl sites for hydroxylation is 1. The summed E-state index contributed by atoms with van der Waals surface area (Å²) in [4.78, 5) is 31.2. The van der Waals surface area contributed by atoms with Gasteiger partial charge in [0.05, 0.1) is 37.0 Å². The molecule has 1 N–H and O–H groups in total. The number of para-hydroxylation sites is 2. The second kappa shape index (κ2) is 11.2. The van der Waals surface area contributed by atoms with Crippen LogP contribution in [0.25, 0.3) is 5.69 Å². The summed E-state index contributed by atoms with van der Waals surface area (Å²) in [6.07, 6.45) is 2.02. The molecule has 0 spiro atoms. The molecule has 1 aliphatic heterocycles.